The molecule has 0 aromatic heterocycles. The summed E-state index contributed by atoms with van der Waals surface area (Å²) in [5, 5.41) is 13.7. The maximum absolute atomic E-state index is 11.2. The Labute approximate surface area is 117 Å². The van der Waals surface area contributed by atoms with Gasteiger partial charge in [-0.05, 0) is 37.8 Å². The number of piperidine rings is 1. The first-order chi connectivity index (χ1) is 9.49. The molecule has 20 heavy (non-hydrogen) atoms. The number of aryl methyl sites for hydroxylation is 1. The molecule has 0 bridgehead atoms. The number of nitrogens with one attached hydrogen (secondary N) is 1. The van der Waals surface area contributed by atoms with E-state index in [1.807, 2.05) is 6.92 Å². The molecule has 0 saturated carbocycles. The van der Waals surface area contributed by atoms with E-state index in [1.54, 1.807) is 12.1 Å². The highest BCUT2D eigenvalue weighted by Gasteiger charge is 2.21. The van der Waals surface area contributed by atoms with E-state index in [4.69, 9.17) is 0 Å². The fraction of sp³-hybridized carbons (Fsp3) is 0.500. The maximum atomic E-state index is 11.2. The average Bonchev–Trinajstić information content (AvgIpc) is 2.38. The molecule has 6 heteroatoms. The molecule has 1 heterocycles. The maximum Gasteiger partial charge on any atom is 0.294 e. The highest BCUT2D eigenvalue weighted by Crippen LogP contribution is 2.34. The zero-order valence-corrected chi connectivity index (χ0v) is 11.8. The van der Waals surface area contributed by atoms with Gasteiger partial charge >= 0.3 is 0 Å². The molecule has 0 spiro atoms. The third-order valence-electron chi connectivity index (χ3n) is 3.52. The molecule has 1 fully saturated rings. The van der Waals surface area contributed by atoms with Crippen molar-refractivity contribution in [2.75, 3.05) is 23.3 Å². The van der Waals surface area contributed by atoms with Crippen molar-refractivity contribution in [1.29, 1.82) is 0 Å². The van der Waals surface area contributed by atoms with Gasteiger partial charge in [0.15, 0.2) is 0 Å². The summed E-state index contributed by atoms with van der Waals surface area (Å²) in [6, 6.07) is 3.26. The average molecular weight is 277 g/mol. The van der Waals surface area contributed by atoms with Crippen LogP contribution in [0, 0.1) is 17.0 Å². The molecular weight excluding hydrogens is 258 g/mol. The third-order valence-corrected chi connectivity index (χ3v) is 3.52. The van der Waals surface area contributed by atoms with E-state index in [0.29, 0.717) is 0 Å². The second kappa shape index (κ2) is 5.90. The lowest BCUT2D eigenvalue weighted by Crippen LogP contribution is -2.30. The lowest BCUT2D eigenvalue weighted by Gasteiger charge is -2.30. The predicted molar refractivity (Wildman–Crippen MR) is 78.2 cm³/mol. The minimum atomic E-state index is -0.446. The lowest BCUT2D eigenvalue weighted by molar-refractivity contribution is -0.383. The van der Waals surface area contributed by atoms with Crippen molar-refractivity contribution in [2.24, 2.45) is 0 Å². The monoisotopic (exact) mass is 277 g/mol. The van der Waals surface area contributed by atoms with E-state index in [2.05, 4.69) is 10.2 Å². The van der Waals surface area contributed by atoms with Gasteiger partial charge in [0.05, 0.1) is 4.92 Å². The largest absolute Gasteiger partial charge is 0.371 e. The van der Waals surface area contributed by atoms with E-state index < -0.39 is 4.92 Å². The fourth-order valence-electron chi connectivity index (χ4n) is 2.60. The Morgan fingerprint density at radius 3 is 2.50 bits per heavy atom. The highest BCUT2D eigenvalue weighted by atomic mass is 16.6. The van der Waals surface area contributed by atoms with Crippen molar-refractivity contribution in [2.45, 2.75) is 33.1 Å². The van der Waals surface area contributed by atoms with Gasteiger partial charge in [-0.1, -0.05) is 0 Å². The number of nitro groups is 1. The first-order valence-corrected chi connectivity index (χ1v) is 6.80. The Kier molecular flexibility index (Phi) is 4.22. The third kappa shape index (κ3) is 3.07. The van der Waals surface area contributed by atoms with Gasteiger partial charge in [-0.25, -0.2) is 0 Å². The molecular formula is C14H19N3O3. The van der Waals surface area contributed by atoms with Crippen LogP contribution in [0.2, 0.25) is 0 Å². The number of benzene rings is 1. The van der Waals surface area contributed by atoms with Crippen LogP contribution >= 0.6 is 0 Å². The van der Waals surface area contributed by atoms with Crippen LogP contribution in [-0.4, -0.2) is 23.9 Å². The summed E-state index contributed by atoms with van der Waals surface area (Å²) in [4.78, 5) is 24.1. The molecule has 1 saturated heterocycles. The van der Waals surface area contributed by atoms with Gasteiger partial charge in [-0.15, -0.1) is 0 Å². The molecule has 1 amide bonds. The van der Waals surface area contributed by atoms with Gasteiger partial charge in [0.2, 0.25) is 5.91 Å². The number of hydrogen-bond acceptors (Lipinski definition) is 4. The van der Waals surface area contributed by atoms with Crippen molar-refractivity contribution >= 4 is 23.0 Å². The van der Waals surface area contributed by atoms with Crippen LogP contribution in [0.4, 0.5) is 17.1 Å². The van der Waals surface area contributed by atoms with E-state index >= 15 is 0 Å². The number of rotatable bonds is 3. The zero-order chi connectivity index (χ0) is 14.7. The molecule has 0 radical (unpaired) electrons. The van der Waals surface area contributed by atoms with E-state index in [1.165, 1.54) is 13.3 Å². The number of hydrogen-bond donors (Lipinski definition) is 1. The molecule has 0 aliphatic carbocycles. The van der Waals surface area contributed by atoms with Crippen molar-refractivity contribution in [3.05, 3.63) is 27.8 Å². The topological polar surface area (TPSA) is 75.5 Å². The quantitative estimate of drug-likeness (QED) is 0.681. The van der Waals surface area contributed by atoms with Crippen molar-refractivity contribution in [3.8, 4) is 0 Å². The summed E-state index contributed by atoms with van der Waals surface area (Å²) < 4.78 is 0. The molecule has 1 aliphatic rings. The molecule has 0 unspecified atom stereocenters. The Bertz CT molecular complexity index is 537. The molecule has 2 rings (SSSR count). The van der Waals surface area contributed by atoms with E-state index in [9.17, 15) is 14.9 Å². The van der Waals surface area contributed by atoms with Gasteiger partial charge in [-0.2, -0.15) is 0 Å². The molecule has 6 nitrogen and oxygen atoms in total. The van der Waals surface area contributed by atoms with Crippen LogP contribution in [0.3, 0.4) is 0 Å². The summed E-state index contributed by atoms with van der Waals surface area (Å²) in [5.74, 6) is -0.307. The van der Waals surface area contributed by atoms with Crippen LogP contribution in [-0.2, 0) is 4.79 Å². The number of carbonyl (C=O) groups excluding carboxylic acids is 1. The summed E-state index contributed by atoms with van der Waals surface area (Å²) in [5.41, 5.74) is 2.05. The SMILES string of the molecule is CC(=O)Nc1cc(C)c(N2CCCCC2)cc1[N+](=O)[O-]. The second-order valence-electron chi connectivity index (χ2n) is 5.14. The molecule has 1 aromatic carbocycles. The lowest BCUT2D eigenvalue weighted by atomic mass is 10.1. The first kappa shape index (κ1) is 14.3. The second-order valence-corrected chi connectivity index (χ2v) is 5.14. The minimum Gasteiger partial charge on any atom is -0.371 e. The smallest absolute Gasteiger partial charge is 0.294 e. The number of carbonyl (C=O) groups is 1. The van der Waals surface area contributed by atoms with Gasteiger partial charge in [-0.3, -0.25) is 14.9 Å². The highest BCUT2D eigenvalue weighted by molar-refractivity contribution is 5.92. The summed E-state index contributed by atoms with van der Waals surface area (Å²) >= 11 is 0. The van der Waals surface area contributed by atoms with Crippen molar-refractivity contribution in [1.82, 2.24) is 0 Å². The van der Waals surface area contributed by atoms with Crippen molar-refractivity contribution in [3.63, 3.8) is 0 Å². The van der Waals surface area contributed by atoms with Gasteiger partial charge in [0.25, 0.3) is 5.69 Å². The Morgan fingerprint density at radius 1 is 1.30 bits per heavy atom. The number of anilines is 2. The number of nitro benzene ring substituents is 1. The number of amides is 1. The minimum absolute atomic E-state index is 0.0497. The van der Waals surface area contributed by atoms with Crippen molar-refractivity contribution < 1.29 is 9.72 Å². The van der Waals surface area contributed by atoms with Crippen LogP contribution in [0.15, 0.2) is 12.1 Å². The Hall–Kier alpha value is -2.11. The Morgan fingerprint density at radius 2 is 1.95 bits per heavy atom. The van der Waals surface area contributed by atoms with Crippen LogP contribution in [0.1, 0.15) is 31.7 Å². The van der Waals surface area contributed by atoms with E-state index in [-0.39, 0.29) is 17.3 Å². The van der Waals surface area contributed by atoms with Gasteiger partial charge in [0.1, 0.15) is 5.69 Å². The molecule has 1 aromatic rings. The van der Waals surface area contributed by atoms with Crippen LogP contribution < -0.4 is 10.2 Å². The summed E-state index contributed by atoms with van der Waals surface area (Å²) in [6.45, 7) is 5.12. The first-order valence-electron chi connectivity index (χ1n) is 6.80. The molecule has 1 N–H and O–H groups in total. The number of nitrogens with zero attached hydrogens (tertiary/aromatic N) is 2. The van der Waals surface area contributed by atoms with Gasteiger partial charge in [0, 0.05) is 31.8 Å². The predicted octanol–water partition coefficient (Wildman–Crippen LogP) is 2.85. The zero-order valence-electron chi connectivity index (χ0n) is 11.8. The standard InChI is InChI=1S/C14H19N3O3/c1-10-8-12(15-11(2)18)14(17(19)20)9-13(10)16-6-4-3-5-7-16/h8-9H,3-7H2,1-2H3,(H,15,18). The molecule has 108 valence electrons. The Balaban J connectivity index is 2.41. The fourth-order valence-corrected chi connectivity index (χ4v) is 2.60. The van der Waals surface area contributed by atoms with Crippen LogP contribution in [0.25, 0.3) is 0 Å². The normalized spacial score (nSPS) is 15.0. The summed E-state index contributed by atoms with van der Waals surface area (Å²) in [7, 11) is 0. The van der Waals surface area contributed by atoms with E-state index in [0.717, 1.165) is 37.2 Å². The van der Waals surface area contributed by atoms with Gasteiger partial charge < -0.3 is 10.2 Å². The molecule has 0 atom stereocenters. The molecule has 1 aliphatic heterocycles. The van der Waals surface area contributed by atoms with Crippen LogP contribution in [0.5, 0.6) is 0 Å². The summed E-state index contributed by atoms with van der Waals surface area (Å²) in [6.07, 6.45) is 3.43.